The first-order valence-corrected chi connectivity index (χ1v) is 8.79. The van der Waals surface area contributed by atoms with E-state index < -0.39 is 9.84 Å². The largest absolute Gasteiger partial charge is 0.235 e. The molecule has 0 aliphatic carbocycles. The maximum Gasteiger partial charge on any atom is 0.235 e. The van der Waals surface area contributed by atoms with Crippen molar-refractivity contribution in [2.24, 2.45) is 5.41 Å². The molecule has 0 N–H and O–H groups in total. The SMILES string of the molecule is Cc1ccc(S(=O)(=O)c2nc(/C=C/C(C)(C)C)ns2)cc1. The van der Waals surface area contributed by atoms with E-state index in [-0.39, 0.29) is 14.7 Å². The lowest BCUT2D eigenvalue weighted by molar-refractivity contribution is 0.547. The van der Waals surface area contributed by atoms with Crippen molar-refractivity contribution in [3.8, 4) is 0 Å². The normalized spacial score (nSPS) is 13.0. The molecule has 1 heterocycles. The number of allylic oxidation sites excluding steroid dienone is 1. The molecule has 21 heavy (non-hydrogen) atoms. The molecular formula is C15H18N2O2S2. The molecule has 0 spiro atoms. The van der Waals surface area contributed by atoms with Crippen LogP contribution in [0.2, 0.25) is 0 Å². The van der Waals surface area contributed by atoms with Gasteiger partial charge in [-0.1, -0.05) is 44.5 Å². The number of hydrogen-bond donors (Lipinski definition) is 0. The lowest BCUT2D eigenvalue weighted by atomic mass is 9.96. The highest BCUT2D eigenvalue weighted by Gasteiger charge is 2.22. The molecule has 0 unspecified atom stereocenters. The van der Waals surface area contributed by atoms with Crippen LogP contribution in [0.15, 0.2) is 39.6 Å². The van der Waals surface area contributed by atoms with Crippen LogP contribution >= 0.6 is 11.5 Å². The molecule has 0 aliphatic heterocycles. The zero-order valence-electron chi connectivity index (χ0n) is 12.5. The van der Waals surface area contributed by atoms with Gasteiger partial charge >= 0.3 is 0 Å². The van der Waals surface area contributed by atoms with Gasteiger partial charge in [-0.3, -0.25) is 0 Å². The van der Waals surface area contributed by atoms with Crippen molar-refractivity contribution < 1.29 is 8.42 Å². The van der Waals surface area contributed by atoms with Gasteiger partial charge in [0.05, 0.1) is 4.90 Å². The molecule has 2 aromatic rings. The number of aryl methyl sites for hydroxylation is 1. The average molecular weight is 322 g/mol. The fraction of sp³-hybridized carbons (Fsp3) is 0.333. The van der Waals surface area contributed by atoms with E-state index in [0.717, 1.165) is 17.1 Å². The van der Waals surface area contributed by atoms with Gasteiger partial charge in [-0.15, -0.1) is 0 Å². The third kappa shape index (κ3) is 3.98. The molecule has 0 saturated heterocycles. The minimum Gasteiger partial charge on any atom is -0.216 e. The van der Waals surface area contributed by atoms with E-state index in [2.05, 4.69) is 30.1 Å². The Balaban J connectivity index is 2.32. The Bertz CT molecular complexity index is 752. The second kappa shape index (κ2) is 5.69. The molecule has 0 saturated carbocycles. The lowest BCUT2D eigenvalue weighted by Crippen LogP contribution is -2.01. The van der Waals surface area contributed by atoms with E-state index in [1.165, 1.54) is 0 Å². The van der Waals surface area contributed by atoms with Crippen LogP contribution in [0.4, 0.5) is 0 Å². The standard InChI is InChI=1S/C15H18N2O2S2/c1-11-5-7-12(8-6-11)21(18,19)14-16-13(17-20-14)9-10-15(2,3)4/h5-10H,1-4H3/b10-9+. The quantitative estimate of drug-likeness (QED) is 0.863. The van der Waals surface area contributed by atoms with Crippen molar-refractivity contribution in [2.45, 2.75) is 36.9 Å². The fourth-order valence-corrected chi connectivity index (χ4v) is 3.65. The summed E-state index contributed by atoms with van der Waals surface area (Å²) in [7, 11) is -3.58. The molecule has 112 valence electrons. The van der Waals surface area contributed by atoms with E-state index in [1.54, 1.807) is 30.3 Å². The Kier molecular flexibility index (Phi) is 4.30. The number of rotatable bonds is 3. The van der Waals surface area contributed by atoms with Crippen molar-refractivity contribution >= 4 is 27.4 Å². The minimum atomic E-state index is -3.58. The van der Waals surface area contributed by atoms with Crippen LogP contribution in [0.1, 0.15) is 32.2 Å². The molecule has 0 fully saturated rings. The van der Waals surface area contributed by atoms with E-state index in [0.29, 0.717) is 5.82 Å². The second-order valence-electron chi connectivity index (χ2n) is 5.93. The zero-order valence-corrected chi connectivity index (χ0v) is 14.1. The third-order valence-electron chi connectivity index (χ3n) is 2.72. The van der Waals surface area contributed by atoms with Gasteiger partial charge in [-0.25, -0.2) is 13.4 Å². The van der Waals surface area contributed by atoms with Gasteiger partial charge in [0.25, 0.3) is 0 Å². The smallest absolute Gasteiger partial charge is 0.216 e. The van der Waals surface area contributed by atoms with Crippen LogP contribution in [0.25, 0.3) is 6.08 Å². The highest BCUT2D eigenvalue weighted by atomic mass is 32.2. The van der Waals surface area contributed by atoms with E-state index in [1.807, 2.05) is 13.0 Å². The average Bonchev–Trinajstić information content (AvgIpc) is 2.85. The maximum atomic E-state index is 12.4. The van der Waals surface area contributed by atoms with Crippen LogP contribution in [0, 0.1) is 12.3 Å². The fourth-order valence-electron chi connectivity index (χ4n) is 1.54. The summed E-state index contributed by atoms with van der Waals surface area (Å²) >= 11 is 0.906. The van der Waals surface area contributed by atoms with Gasteiger partial charge in [0, 0.05) is 0 Å². The highest BCUT2D eigenvalue weighted by Crippen LogP contribution is 2.23. The molecule has 6 heteroatoms. The molecule has 1 aromatic heterocycles. The zero-order chi connectivity index (χ0) is 15.7. The predicted octanol–water partition coefficient (Wildman–Crippen LogP) is 3.74. The molecule has 0 bridgehead atoms. The van der Waals surface area contributed by atoms with Gasteiger partial charge in [0.1, 0.15) is 0 Å². The Labute approximate surface area is 129 Å². The number of aromatic nitrogens is 2. The lowest BCUT2D eigenvalue weighted by Gasteiger charge is -2.09. The molecule has 0 aliphatic rings. The molecule has 0 amide bonds. The Hall–Kier alpha value is -1.53. The number of nitrogens with zero attached hydrogens (tertiary/aromatic N) is 2. The third-order valence-corrected chi connectivity index (χ3v) is 5.57. The Morgan fingerprint density at radius 2 is 1.76 bits per heavy atom. The van der Waals surface area contributed by atoms with E-state index >= 15 is 0 Å². The molecular weight excluding hydrogens is 304 g/mol. The number of sulfone groups is 1. The summed E-state index contributed by atoms with van der Waals surface area (Å²) in [5, 5.41) is 0. The summed E-state index contributed by atoms with van der Waals surface area (Å²) in [6.45, 7) is 8.08. The molecule has 1 aromatic carbocycles. The van der Waals surface area contributed by atoms with Crippen molar-refractivity contribution in [3.63, 3.8) is 0 Å². The topological polar surface area (TPSA) is 59.9 Å². The van der Waals surface area contributed by atoms with Crippen LogP contribution in [0.5, 0.6) is 0 Å². The van der Waals surface area contributed by atoms with Crippen molar-refractivity contribution in [1.29, 1.82) is 0 Å². The molecule has 4 nitrogen and oxygen atoms in total. The van der Waals surface area contributed by atoms with Crippen LogP contribution in [-0.2, 0) is 9.84 Å². The van der Waals surface area contributed by atoms with Gasteiger partial charge in [0.15, 0.2) is 5.82 Å². The first-order chi connectivity index (χ1) is 9.68. The minimum absolute atomic E-state index is 0.00128. The highest BCUT2D eigenvalue weighted by molar-refractivity contribution is 7.93. The summed E-state index contributed by atoms with van der Waals surface area (Å²) < 4.78 is 29.0. The number of benzene rings is 1. The Morgan fingerprint density at radius 3 is 2.33 bits per heavy atom. The van der Waals surface area contributed by atoms with Gasteiger partial charge in [0.2, 0.25) is 14.2 Å². The molecule has 0 radical (unpaired) electrons. The van der Waals surface area contributed by atoms with Crippen molar-refractivity contribution in [1.82, 2.24) is 9.36 Å². The van der Waals surface area contributed by atoms with Crippen LogP contribution in [-0.4, -0.2) is 17.8 Å². The molecule has 2 rings (SSSR count). The van der Waals surface area contributed by atoms with E-state index in [9.17, 15) is 8.42 Å². The first kappa shape index (κ1) is 15.9. The second-order valence-corrected chi connectivity index (χ2v) is 8.81. The van der Waals surface area contributed by atoms with Crippen molar-refractivity contribution in [2.75, 3.05) is 0 Å². The van der Waals surface area contributed by atoms with Gasteiger partial charge in [-0.2, -0.15) is 4.37 Å². The Morgan fingerprint density at radius 1 is 1.14 bits per heavy atom. The summed E-state index contributed by atoms with van der Waals surface area (Å²) in [6.07, 6.45) is 3.71. The summed E-state index contributed by atoms with van der Waals surface area (Å²) in [5.41, 5.74) is 1.02. The van der Waals surface area contributed by atoms with Gasteiger partial charge < -0.3 is 0 Å². The molecule has 0 atom stereocenters. The summed E-state index contributed by atoms with van der Waals surface area (Å²) in [4.78, 5) is 4.36. The summed E-state index contributed by atoms with van der Waals surface area (Å²) in [5.74, 6) is 0.431. The summed E-state index contributed by atoms with van der Waals surface area (Å²) in [6, 6.07) is 6.73. The van der Waals surface area contributed by atoms with Crippen LogP contribution in [0.3, 0.4) is 0 Å². The predicted molar refractivity (Wildman–Crippen MR) is 85.0 cm³/mol. The number of hydrogen-bond acceptors (Lipinski definition) is 5. The monoisotopic (exact) mass is 322 g/mol. The van der Waals surface area contributed by atoms with Crippen LogP contribution < -0.4 is 0 Å². The van der Waals surface area contributed by atoms with E-state index in [4.69, 9.17) is 0 Å². The maximum absolute atomic E-state index is 12.4. The first-order valence-electron chi connectivity index (χ1n) is 6.53. The van der Waals surface area contributed by atoms with Crippen molar-refractivity contribution in [3.05, 3.63) is 41.7 Å². The van der Waals surface area contributed by atoms with Gasteiger partial charge in [-0.05, 0) is 42.1 Å².